The van der Waals surface area contributed by atoms with Crippen LogP contribution < -0.4 is 16.6 Å². The van der Waals surface area contributed by atoms with Crippen molar-refractivity contribution in [1.29, 1.82) is 0 Å². The van der Waals surface area contributed by atoms with Crippen molar-refractivity contribution in [2.75, 3.05) is 19.6 Å². The molecule has 3 rings (SSSR count). The summed E-state index contributed by atoms with van der Waals surface area (Å²) in [6.07, 6.45) is 6.26. The van der Waals surface area contributed by atoms with Crippen LogP contribution in [0.4, 0.5) is 0 Å². The number of aromatic nitrogens is 3. The van der Waals surface area contributed by atoms with Gasteiger partial charge in [0.1, 0.15) is 6.54 Å². The highest BCUT2D eigenvalue weighted by molar-refractivity contribution is 5.93. The molecule has 0 radical (unpaired) electrons. The van der Waals surface area contributed by atoms with Gasteiger partial charge in [-0.2, -0.15) is 0 Å². The van der Waals surface area contributed by atoms with Crippen LogP contribution in [-0.4, -0.2) is 50.9 Å². The number of nitrogens with one attached hydrogen (secondary N) is 2. The minimum absolute atomic E-state index is 0.120. The third-order valence-corrected chi connectivity index (χ3v) is 4.84. The van der Waals surface area contributed by atoms with Gasteiger partial charge in [-0.25, -0.2) is 4.79 Å². The van der Waals surface area contributed by atoms with Gasteiger partial charge in [-0.1, -0.05) is 0 Å². The second-order valence-electron chi connectivity index (χ2n) is 7.00. The van der Waals surface area contributed by atoms with E-state index in [1.165, 1.54) is 17.0 Å². The van der Waals surface area contributed by atoms with E-state index >= 15 is 0 Å². The summed E-state index contributed by atoms with van der Waals surface area (Å²) in [5.41, 5.74) is -0.168. The molecule has 2 N–H and O–H groups in total. The van der Waals surface area contributed by atoms with E-state index in [-0.39, 0.29) is 24.3 Å². The fraction of sp³-hybridized carbons (Fsp3) is 0.421. The van der Waals surface area contributed by atoms with Gasteiger partial charge in [0.05, 0.1) is 5.56 Å². The first-order chi connectivity index (χ1) is 13.4. The first-order valence-electron chi connectivity index (χ1n) is 9.20. The lowest BCUT2D eigenvalue weighted by atomic mass is 9.97. The van der Waals surface area contributed by atoms with Crippen molar-refractivity contribution in [3.63, 3.8) is 0 Å². The van der Waals surface area contributed by atoms with Gasteiger partial charge in [0.15, 0.2) is 0 Å². The highest BCUT2D eigenvalue weighted by atomic mass is 16.2. The van der Waals surface area contributed by atoms with Crippen LogP contribution in [-0.2, 0) is 11.3 Å². The van der Waals surface area contributed by atoms with Crippen LogP contribution in [0, 0.1) is 12.8 Å². The standard InChI is InChI=1S/C19H23N5O4/c1-13-10-24(19(28)22-17(13)26)12-16(25)23-7-3-4-14(11-23)8-21-18(27)15-5-2-6-20-9-15/h2,5-6,9-10,14H,3-4,7-8,11-12H2,1H3,(H,21,27)(H,22,26,28). The fourth-order valence-electron chi connectivity index (χ4n) is 3.28. The molecule has 1 atom stereocenters. The van der Waals surface area contributed by atoms with Gasteiger partial charge in [0.2, 0.25) is 5.91 Å². The van der Waals surface area contributed by atoms with Crippen molar-refractivity contribution in [3.05, 3.63) is 62.7 Å². The van der Waals surface area contributed by atoms with Gasteiger partial charge < -0.3 is 10.2 Å². The van der Waals surface area contributed by atoms with E-state index in [4.69, 9.17) is 0 Å². The lowest BCUT2D eigenvalue weighted by Gasteiger charge is -2.33. The van der Waals surface area contributed by atoms with Crippen molar-refractivity contribution < 1.29 is 9.59 Å². The van der Waals surface area contributed by atoms with Crippen LogP contribution in [0.25, 0.3) is 0 Å². The smallest absolute Gasteiger partial charge is 0.328 e. The van der Waals surface area contributed by atoms with E-state index < -0.39 is 11.2 Å². The Kier molecular flexibility index (Phi) is 6.03. The summed E-state index contributed by atoms with van der Waals surface area (Å²) in [7, 11) is 0. The number of H-pyrrole nitrogens is 1. The Labute approximate surface area is 161 Å². The fourth-order valence-corrected chi connectivity index (χ4v) is 3.28. The SMILES string of the molecule is Cc1cn(CC(=O)N2CCCC(CNC(=O)c3cccnc3)C2)c(=O)[nH]c1=O. The zero-order chi connectivity index (χ0) is 20.1. The van der Waals surface area contributed by atoms with Crippen molar-refractivity contribution in [3.8, 4) is 0 Å². The third-order valence-electron chi connectivity index (χ3n) is 4.84. The topological polar surface area (TPSA) is 117 Å². The maximum atomic E-state index is 12.6. The van der Waals surface area contributed by atoms with Gasteiger partial charge in [-0.15, -0.1) is 0 Å². The van der Waals surface area contributed by atoms with Crippen LogP contribution in [0.1, 0.15) is 28.8 Å². The van der Waals surface area contributed by atoms with Crippen molar-refractivity contribution in [2.24, 2.45) is 5.92 Å². The number of pyridine rings is 1. The molecule has 1 aliphatic heterocycles. The average Bonchev–Trinajstić information content (AvgIpc) is 2.71. The molecule has 9 nitrogen and oxygen atoms in total. The summed E-state index contributed by atoms with van der Waals surface area (Å²) in [4.78, 5) is 55.9. The van der Waals surface area contributed by atoms with E-state index in [2.05, 4.69) is 15.3 Å². The highest BCUT2D eigenvalue weighted by Gasteiger charge is 2.24. The molecule has 1 saturated heterocycles. The van der Waals surface area contributed by atoms with Crippen LogP contribution >= 0.6 is 0 Å². The molecule has 1 aliphatic rings. The van der Waals surface area contributed by atoms with E-state index in [1.54, 1.807) is 30.2 Å². The molecule has 0 aliphatic carbocycles. The minimum Gasteiger partial charge on any atom is -0.352 e. The third kappa shape index (κ3) is 4.73. The number of carbonyl (C=O) groups is 2. The summed E-state index contributed by atoms with van der Waals surface area (Å²) in [5.74, 6) is -0.226. The predicted molar refractivity (Wildman–Crippen MR) is 102 cm³/mol. The van der Waals surface area contributed by atoms with E-state index in [0.717, 1.165) is 12.8 Å². The zero-order valence-corrected chi connectivity index (χ0v) is 15.7. The largest absolute Gasteiger partial charge is 0.352 e. The maximum absolute atomic E-state index is 12.6. The number of piperidine rings is 1. The molecule has 28 heavy (non-hydrogen) atoms. The Hall–Kier alpha value is -3.23. The Morgan fingerprint density at radius 2 is 2.18 bits per heavy atom. The number of amides is 2. The normalized spacial score (nSPS) is 16.6. The second-order valence-corrected chi connectivity index (χ2v) is 7.00. The second kappa shape index (κ2) is 8.64. The molecule has 2 aromatic heterocycles. The first kappa shape index (κ1) is 19.5. The van der Waals surface area contributed by atoms with E-state index in [0.29, 0.717) is 30.8 Å². The summed E-state index contributed by atoms with van der Waals surface area (Å²) in [6.45, 7) is 3.06. The quantitative estimate of drug-likeness (QED) is 0.746. The minimum atomic E-state index is -0.596. The number of hydrogen-bond acceptors (Lipinski definition) is 5. The zero-order valence-electron chi connectivity index (χ0n) is 15.7. The molecule has 0 bridgehead atoms. The molecule has 148 valence electrons. The monoisotopic (exact) mass is 385 g/mol. The Bertz CT molecular complexity index is 966. The molecule has 1 fully saturated rings. The van der Waals surface area contributed by atoms with Gasteiger partial charge in [0.25, 0.3) is 11.5 Å². The molecular formula is C19H23N5O4. The van der Waals surface area contributed by atoms with Gasteiger partial charge >= 0.3 is 5.69 Å². The summed E-state index contributed by atoms with van der Waals surface area (Å²) in [6, 6.07) is 3.40. The molecule has 0 spiro atoms. The molecule has 0 saturated carbocycles. The van der Waals surface area contributed by atoms with Crippen LogP contribution in [0.15, 0.2) is 40.3 Å². The van der Waals surface area contributed by atoms with Crippen molar-refractivity contribution in [1.82, 2.24) is 24.8 Å². The van der Waals surface area contributed by atoms with Crippen LogP contribution in [0.5, 0.6) is 0 Å². The number of hydrogen-bond donors (Lipinski definition) is 2. The molecule has 9 heteroatoms. The average molecular weight is 385 g/mol. The van der Waals surface area contributed by atoms with Crippen LogP contribution in [0.3, 0.4) is 0 Å². The molecule has 3 heterocycles. The Balaban J connectivity index is 1.56. The molecule has 0 aromatic carbocycles. The number of carbonyl (C=O) groups excluding carboxylic acids is 2. The Morgan fingerprint density at radius 3 is 2.93 bits per heavy atom. The maximum Gasteiger partial charge on any atom is 0.328 e. The van der Waals surface area contributed by atoms with Crippen molar-refractivity contribution >= 4 is 11.8 Å². The Morgan fingerprint density at radius 1 is 1.36 bits per heavy atom. The molecule has 2 amide bonds. The van der Waals surface area contributed by atoms with Gasteiger partial charge in [-0.3, -0.25) is 28.9 Å². The predicted octanol–water partition coefficient (Wildman–Crippen LogP) is -0.0914. The van der Waals surface area contributed by atoms with Crippen molar-refractivity contribution in [2.45, 2.75) is 26.3 Å². The molecule has 2 aromatic rings. The summed E-state index contributed by atoms with van der Waals surface area (Å²) >= 11 is 0. The lowest BCUT2D eigenvalue weighted by molar-refractivity contribution is -0.133. The van der Waals surface area contributed by atoms with Crippen LogP contribution in [0.2, 0.25) is 0 Å². The van der Waals surface area contributed by atoms with Gasteiger partial charge in [0, 0.05) is 43.8 Å². The van der Waals surface area contributed by atoms with E-state index in [1.807, 2.05) is 0 Å². The van der Waals surface area contributed by atoms with Gasteiger partial charge in [-0.05, 0) is 37.8 Å². The highest BCUT2D eigenvalue weighted by Crippen LogP contribution is 2.16. The number of likely N-dealkylation sites (tertiary alicyclic amines) is 1. The summed E-state index contributed by atoms with van der Waals surface area (Å²) < 4.78 is 1.22. The first-order valence-corrected chi connectivity index (χ1v) is 9.20. The molecule has 1 unspecified atom stereocenters. The van der Waals surface area contributed by atoms with E-state index in [9.17, 15) is 19.2 Å². The summed E-state index contributed by atoms with van der Waals surface area (Å²) in [5, 5.41) is 2.89. The molecular weight excluding hydrogens is 362 g/mol. The number of rotatable bonds is 5. The number of nitrogens with zero attached hydrogens (tertiary/aromatic N) is 3. The number of aromatic amines is 1. The lowest BCUT2D eigenvalue weighted by Crippen LogP contribution is -2.46. The number of aryl methyl sites for hydroxylation is 1.